The fourth-order valence-electron chi connectivity index (χ4n) is 4.23. The van der Waals surface area contributed by atoms with E-state index in [9.17, 15) is 29.7 Å². The molecule has 0 radical (unpaired) electrons. The maximum atomic E-state index is 11.5. The molecule has 0 rings (SSSR count). The summed E-state index contributed by atoms with van der Waals surface area (Å²) in [6.45, 7) is 8.41. The first kappa shape index (κ1) is 28.4. The maximum Gasteiger partial charge on any atom is 0.311 e. The molecule has 7 nitrogen and oxygen atoms in total. The van der Waals surface area contributed by atoms with Gasteiger partial charge in [-0.25, -0.2) is 0 Å². The number of aliphatic carboxylic acids is 3. The number of hydrogen-bond acceptors (Lipinski definition) is 3. The molecule has 30 heavy (non-hydrogen) atoms. The van der Waals surface area contributed by atoms with Gasteiger partial charge >= 0.3 is 17.9 Å². The Bertz CT molecular complexity index is 467. The van der Waals surface area contributed by atoms with Crippen LogP contribution in [0.4, 0.5) is 0 Å². The number of carboxylic acid groups (broad SMARTS) is 3. The zero-order valence-electron chi connectivity index (χ0n) is 19.4. The van der Waals surface area contributed by atoms with E-state index in [1.165, 1.54) is 38.5 Å². The number of nitrogens with zero attached hydrogens (tertiary/aromatic N) is 1. The largest absolute Gasteiger partial charge is 0.481 e. The maximum absolute atomic E-state index is 11.5. The lowest BCUT2D eigenvalue weighted by Crippen LogP contribution is -2.57. The van der Waals surface area contributed by atoms with E-state index in [4.69, 9.17) is 0 Å². The zero-order valence-corrected chi connectivity index (χ0v) is 19.4. The van der Waals surface area contributed by atoms with Gasteiger partial charge in [-0.2, -0.15) is 0 Å². The second kappa shape index (κ2) is 15.2. The van der Waals surface area contributed by atoms with E-state index in [0.717, 1.165) is 19.3 Å². The van der Waals surface area contributed by atoms with Gasteiger partial charge in [0.1, 0.15) is 17.8 Å². The van der Waals surface area contributed by atoms with E-state index in [0.29, 0.717) is 6.54 Å². The van der Waals surface area contributed by atoms with Crippen LogP contribution in [0.2, 0.25) is 0 Å². The highest BCUT2D eigenvalue weighted by Crippen LogP contribution is 2.22. The van der Waals surface area contributed by atoms with Gasteiger partial charge in [0.05, 0.1) is 26.2 Å². The second-order valence-electron chi connectivity index (χ2n) is 9.16. The quantitative estimate of drug-likeness (QED) is 0.205. The first-order chi connectivity index (χ1) is 14.0. The van der Waals surface area contributed by atoms with Gasteiger partial charge in [-0.3, -0.25) is 14.4 Å². The van der Waals surface area contributed by atoms with Crippen molar-refractivity contribution in [2.45, 2.75) is 85.5 Å². The Balaban J connectivity index is 5.07. The first-order valence-electron chi connectivity index (χ1n) is 11.6. The van der Waals surface area contributed by atoms with Crippen LogP contribution in [0.5, 0.6) is 0 Å². The molecule has 0 aliphatic carbocycles. The van der Waals surface area contributed by atoms with Crippen LogP contribution in [0.15, 0.2) is 0 Å². The minimum Gasteiger partial charge on any atom is -0.481 e. The summed E-state index contributed by atoms with van der Waals surface area (Å²) < 4.78 is 0.227. The number of carboxylic acids is 3. The van der Waals surface area contributed by atoms with Crippen molar-refractivity contribution in [1.82, 2.24) is 0 Å². The van der Waals surface area contributed by atoms with Gasteiger partial charge in [0.2, 0.25) is 0 Å². The van der Waals surface area contributed by atoms with E-state index in [1.54, 1.807) is 20.8 Å². The van der Waals surface area contributed by atoms with E-state index in [2.05, 4.69) is 6.92 Å². The van der Waals surface area contributed by atoms with Gasteiger partial charge in [-0.05, 0) is 33.6 Å². The molecule has 0 aromatic rings. The predicted molar refractivity (Wildman–Crippen MR) is 117 cm³/mol. The smallest absolute Gasteiger partial charge is 0.311 e. The minimum atomic E-state index is -0.935. The molecule has 0 fully saturated rings. The van der Waals surface area contributed by atoms with Crippen molar-refractivity contribution in [1.29, 1.82) is 0 Å². The van der Waals surface area contributed by atoms with Crippen molar-refractivity contribution in [3.8, 4) is 0 Å². The Labute approximate surface area is 182 Å². The Hall–Kier alpha value is -1.63. The number of carbonyl (C=O) groups is 3. The van der Waals surface area contributed by atoms with Crippen LogP contribution >= 0.6 is 0 Å². The average molecular weight is 431 g/mol. The summed E-state index contributed by atoms with van der Waals surface area (Å²) in [5, 5.41) is 28.3. The van der Waals surface area contributed by atoms with Crippen molar-refractivity contribution < 1.29 is 34.2 Å². The molecule has 0 saturated heterocycles. The molecule has 0 aliphatic rings. The lowest BCUT2D eigenvalue weighted by molar-refractivity contribution is -0.934. The second-order valence-corrected chi connectivity index (χ2v) is 9.16. The van der Waals surface area contributed by atoms with Crippen molar-refractivity contribution in [2.75, 3.05) is 26.2 Å². The predicted octanol–water partition coefficient (Wildman–Crippen LogP) is 4.50. The molecule has 7 heteroatoms. The Morgan fingerprint density at radius 1 is 0.600 bits per heavy atom. The highest BCUT2D eigenvalue weighted by molar-refractivity contribution is 5.70. The van der Waals surface area contributed by atoms with E-state index < -0.39 is 35.7 Å². The lowest BCUT2D eigenvalue weighted by atomic mass is 10.0. The molecule has 0 amide bonds. The molecule has 0 aliphatic heterocycles. The lowest BCUT2D eigenvalue weighted by Gasteiger charge is -2.42. The average Bonchev–Trinajstić information content (AvgIpc) is 2.66. The summed E-state index contributed by atoms with van der Waals surface area (Å²) in [6.07, 6.45) is 10.4. The Morgan fingerprint density at radius 3 is 1.20 bits per heavy atom. The number of unbranched alkanes of at least 4 members (excludes halogenated alkanes) is 8. The van der Waals surface area contributed by atoms with Crippen molar-refractivity contribution >= 4 is 17.9 Å². The highest BCUT2D eigenvalue weighted by atomic mass is 16.4. The van der Waals surface area contributed by atoms with Crippen LogP contribution in [0, 0.1) is 17.8 Å². The van der Waals surface area contributed by atoms with E-state index in [-0.39, 0.29) is 24.1 Å². The summed E-state index contributed by atoms with van der Waals surface area (Å²) in [7, 11) is 0. The van der Waals surface area contributed by atoms with Crippen LogP contribution in [0.1, 0.15) is 85.5 Å². The van der Waals surface area contributed by atoms with E-state index >= 15 is 0 Å². The van der Waals surface area contributed by atoms with Gasteiger partial charge in [0.25, 0.3) is 0 Å². The van der Waals surface area contributed by atoms with Gasteiger partial charge < -0.3 is 19.8 Å². The molecule has 3 unspecified atom stereocenters. The Kier molecular flexibility index (Phi) is 14.4. The molecule has 0 spiro atoms. The van der Waals surface area contributed by atoms with Crippen molar-refractivity contribution in [3.63, 3.8) is 0 Å². The van der Waals surface area contributed by atoms with Gasteiger partial charge in [0.15, 0.2) is 0 Å². The molecular weight excluding hydrogens is 386 g/mol. The molecule has 0 heterocycles. The van der Waals surface area contributed by atoms with E-state index in [1.807, 2.05) is 0 Å². The standard InChI is InChI=1S/C23H43NO6/c1-5-6-7-8-9-10-11-12-13-14-24(15-18(2)21(25)26,16-19(3)22(27)28)17-20(4)23(29)30/h18-20H,5-17H2,1-4H3,(H2-,25,26,27,28,29,30)/p+1. The summed E-state index contributed by atoms with van der Waals surface area (Å²) in [5.74, 6) is -4.79. The topological polar surface area (TPSA) is 112 Å². The SMILES string of the molecule is CCCCCCCCCCC[N+](CC(C)C(=O)O)(CC(C)C(=O)O)CC(C)C(=O)O. The monoisotopic (exact) mass is 430 g/mol. The van der Waals surface area contributed by atoms with Crippen molar-refractivity contribution in [2.24, 2.45) is 17.8 Å². The van der Waals surface area contributed by atoms with Gasteiger partial charge in [-0.15, -0.1) is 0 Å². The van der Waals surface area contributed by atoms with Crippen LogP contribution in [0.3, 0.4) is 0 Å². The highest BCUT2D eigenvalue weighted by Gasteiger charge is 2.38. The molecule has 176 valence electrons. The molecule has 0 bridgehead atoms. The molecule has 0 aromatic carbocycles. The third kappa shape index (κ3) is 12.2. The fourth-order valence-corrected chi connectivity index (χ4v) is 4.23. The van der Waals surface area contributed by atoms with Crippen molar-refractivity contribution in [3.05, 3.63) is 0 Å². The fraction of sp³-hybridized carbons (Fsp3) is 0.870. The minimum absolute atomic E-state index is 0.227. The van der Waals surface area contributed by atoms with Crippen LogP contribution in [-0.4, -0.2) is 63.9 Å². The third-order valence-electron chi connectivity index (χ3n) is 5.98. The summed E-state index contributed by atoms with van der Waals surface area (Å²) in [4.78, 5) is 34.5. The molecule has 3 N–H and O–H groups in total. The molecule has 3 atom stereocenters. The van der Waals surface area contributed by atoms with Crippen LogP contribution in [-0.2, 0) is 14.4 Å². The summed E-state index contributed by atoms with van der Waals surface area (Å²) in [6, 6.07) is 0. The number of quaternary nitrogens is 1. The van der Waals surface area contributed by atoms with Crippen LogP contribution < -0.4 is 0 Å². The molecular formula is C23H44NO6+. The Morgan fingerprint density at radius 2 is 0.900 bits per heavy atom. The summed E-state index contributed by atoms with van der Waals surface area (Å²) >= 11 is 0. The zero-order chi connectivity index (χ0) is 23.2. The molecule has 0 saturated carbocycles. The number of hydrogen-bond donors (Lipinski definition) is 3. The van der Waals surface area contributed by atoms with Gasteiger partial charge in [0, 0.05) is 0 Å². The third-order valence-corrected chi connectivity index (χ3v) is 5.98. The summed E-state index contributed by atoms with van der Waals surface area (Å²) in [5.41, 5.74) is 0. The van der Waals surface area contributed by atoms with Gasteiger partial charge in [-0.1, -0.05) is 51.9 Å². The first-order valence-corrected chi connectivity index (χ1v) is 11.6. The molecule has 0 aromatic heterocycles. The number of rotatable bonds is 19. The normalized spacial score (nSPS) is 16.4. The van der Waals surface area contributed by atoms with Crippen LogP contribution in [0.25, 0.3) is 0 Å².